The molecule has 0 spiro atoms. The first-order valence-corrected chi connectivity index (χ1v) is 13.2. The van der Waals surface area contributed by atoms with Crippen LogP contribution in [0, 0.1) is 0 Å². The summed E-state index contributed by atoms with van der Waals surface area (Å²) >= 11 is 6.13. The summed E-state index contributed by atoms with van der Waals surface area (Å²) in [4.78, 5) is 53.5. The van der Waals surface area contributed by atoms with Gasteiger partial charge in [0, 0.05) is 37.6 Å². The van der Waals surface area contributed by atoms with Crippen LogP contribution in [-0.2, 0) is 29.2 Å². The molecule has 1 aromatic heterocycles. The molecule has 9 heteroatoms. The van der Waals surface area contributed by atoms with Crippen molar-refractivity contribution in [2.75, 3.05) is 13.1 Å². The smallest absolute Gasteiger partial charge is 0.331 e. The number of amides is 2. The van der Waals surface area contributed by atoms with Crippen molar-refractivity contribution in [2.45, 2.75) is 65.6 Å². The molecule has 0 aliphatic carbocycles. The van der Waals surface area contributed by atoms with Gasteiger partial charge in [0.2, 0.25) is 11.8 Å². The number of rotatable bonds is 13. The van der Waals surface area contributed by atoms with Crippen molar-refractivity contribution in [1.29, 1.82) is 0 Å². The van der Waals surface area contributed by atoms with Gasteiger partial charge >= 0.3 is 5.69 Å². The van der Waals surface area contributed by atoms with Gasteiger partial charge in [-0.15, -0.1) is 0 Å². The predicted molar refractivity (Wildman–Crippen MR) is 147 cm³/mol. The lowest BCUT2D eigenvalue weighted by Gasteiger charge is -2.22. The fourth-order valence-corrected chi connectivity index (χ4v) is 4.54. The van der Waals surface area contributed by atoms with Crippen molar-refractivity contribution in [3.8, 4) is 0 Å². The van der Waals surface area contributed by atoms with Crippen LogP contribution in [0.5, 0.6) is 0 Å². The summed E-state index contributed by atoms with van der Waals surface area (Å²) in [5.41, 5.74) is 0.403. The number of aromatic nitrogens is 2. The van der Waals surface area contributed by atoms with Crippen LogP contribution in [0.4, 0.5) is 0 Å². The molecule has 8 nitrogen and oxygen atoms in total. The van der Waals surface area contributed by atoms with E-state index in [4.69, 9.17) is 11.6 Å². The van der Waals surface area contributed by atoms with E-state index < -0.39 is 5.69 Å². The number of hydrogen-bond donors (Lipinski definition) is 1. The highest BCUT2D eigenvalue weighted by atomic mass is 35.5. The molecule has 0 unspecified atom stereocenters. The van der Waals surface area contributed by atoms with Crippen LogP contribution < -0.4 is 16.6 Å². The second-order valence-corrected chi connectivity index (χ2v) is 9.46. The molecule has 0 aliphatic rings. The number of carbonyl (C=O) groups excluding carboxylic acids is 2. The van der Waals surface area contributed by atoms with Crippen molar-refractivity contribution in [2.24, 2.45) is 0 Å². The molecule has 0 saturated carbocycles. The van der Waals surface area contributed by atoms with E-state index in [0.717, 1.165) is 18.4 Å². The van der Waals surface area contributed by atoms with Gasteiger partial charge in [0.1, 0.15) is 6.54 Å². The topological polar surface area (TPSA) is 93.4 Å². The molecule has 0 saturated heterocycles. The van der Waals surface area contributed by atoms with Crippen LogP contribution in [0.15, 0.2) is 58.1 Å². The lowest BCUT2D eigenvalue weighted by atomic mass is 10.2. The fourth-order valence-electron chi connectivity index (χ4n) is 4.34. The Labute approximate surface area is 221 Å². The minimum atomic E-state index is -0.506. The van der Waals surface area contributed by atoms with Gasteiger partial charge in [-0.2, -0.15) is 0 Å². The quantitative estimate of drug-likeness (QED) is 0.341. The summed E-state index contributed by atoms with van der Waals surface area (Å²) in [5, 5.41) is 3.84. The summed E-state index contributed by atoms with van der Waals surface area (Å²) in [5.74, 6) is -0.267. The monoisotopic (exact) mass is 526 g/mol. The average Bonchev–Trinajstić information content (AvgIpc) is 2.90. The zero-order valence-corrected chi connectivity index (χ0v) is 22.3. The van der Waals surface area contributed by atoms with Crippen molar-refractivity contribution < 1.29 is 9.59 Å². The number of halogens is 1. The normalized spacial score (nSPS) is 11.0. The number of nitrogens with zero attached hydrogens (tertiary/aromatic N) is 3. The first-order valence-electron chi connectivity index (χ1n) is 12.9. The first-order chi connectivity index (χ1) is 17.9. The molecule has 0 radical (unpaired) electrons. The SMILES string of the molecule is CCCN(CCC)C(=O)Cn1c(=O)n(CCCCC(=O)NCc2ccccc2Cl)c(=O)c2ccccc21. The molecular weight excluding hydrogens is 492 g/mol. The number of nitrogens with one attached hydrogen (secondary N) is 1. The minimum Gasteiger partial charge on any atom is -0.352 e. The van der Waals surface area contributed by atoms with E-state index in [9.17, 15) is 19.2 Å². The molecule has 0 aliphatic heterocycles. The van der Waals surface area contributed by atoms with Gasteiger partial charge in [-0.25, -0.2) is 4.79 Å². The van der Waals surface area contributed by atoms with Gasteiger partial charge in [0.05, 0.1) is 10.9 Å². The number of benzene rings is 2. The standard InChI is InChI=1S/C28H35ClN4O4/c1-3-16-31(17-4-2)26(35)20-33-24-14-8-6-12-22(24)27(36)32(28(33)37)18-10-9-15-25(34)30-19-21-11-5-7-13-23(21)29/h5-8,11-14H,3-4,9-10,15-20H2,1-2H3,(H,30,34). The Bertz CT molecular complexity index is 1340. The highest BCUT2D eigenvalue weighted by Gasteiger charge is 2.18. The van der Waals surface area contributed by atoms with E-state index in [1.807, 2.05) is 32.0 Å². The summed E-state index contributed by atoms with van der Waals surface area (Å²) in [6, 6.07) is 14.2. The summed E-state index contributed by atoms with van der Waals surface area (Å²) < 4.78 is 2.58. The third kappa shape index (κ3) is 7.32. The zero-order chi connectivity index (χ0) is 26.8. The Morgan fingerprint density at radius 1 is 0.919 bits per heavy atom. The highest BCUT2D eigenvalue weighted by Crippen LogP contribution is 2.14. The first kappa shape index (κ1) is 28.2. The van der Waals surface area contributed by atoms with E-state index in [1.165, 1.54) is 9.13 Å². The maximum atomic E-state index is 13.4. The Balaban J connectivity index is 1.70. The number of carbonyl (C=O) groups is 2. The third-order valence-corrected chi connectivity index (χ3v) is 6.60. The molecule has 1 heterocycles. The summed E-state index contributed by atoms with van der Waals surface area (Å²) in [6.45, 7) is 5.65. The molecule has 3 rings (SSSR count). The highest BCUT2D eigenvalue weighted by molar-refractivity contribution is 6.31. The number of para-hydroxylation sites is 1. The molecule has 198 valence electrons. The molecule has 37 heavy (non-hydrogen) atoms. The molecule has 2 amide bonds. The van der Waals surface area contributed by atoms with Gasteiger partial charge in [0.25, 0.3) is 5.56 Å². The van der Waals surface area contributed by atoms with Crippen LogP contribution in [0.2, 0.25) is 5.02 Å². The van der Waals surface area contributed by atoms with E-state index >= 15 is 0 Å². The second kappa shape index (κ2) is 13.8. The Hall–Kier alpha value is -3.39. The Morgan fingerprint density at radius 2 is 1.59 bits per heavy atom. The fraction of sp³-hybridized carbons (Fsp3) is 0.429. The lowest BCUT2D eigenvalue weighted by Crippen LogP contribution is -2.44. The van der Waals surface area contributed by atoms with Crippen LogP contribution in [0.3, 0.4) is 0 Å². The average molecular weight is 527 g/mol. The molecule has 0 atom stereocenters. The minimum absolute atomic E-state index is 0.121. The van der Waals surface area contributed by atoms with Gasteiger partial charge < -0.3 is 10.2 Å². The van der Waals surface area contributed by atoms with Crippen molar-refractivity contribution in [3.63, 3.8) is 0 Å². The van der Waals surface area contributed by atoms with Crippen molar-refractivity contribution >= 4 is 34.3 Å². The third-order valence-electron chi connectivity index (χ3n) is 6.23. The van der Waals surface area contributed by atoms with Crippen molar-refractivity contribution in [3.05, 3.63) is 80.0 Å². The van der Waals surface area contributed by atoms with E-state index in [1.54, 1.807) is 35.2 Å². The largest absolute Gasteiger partial charge is 0.352 e. The maximum absolute atomic E-state index is 13.4. The van der Waals surface area contributed by atoms with Crippen LogP contribution in [-0.4, -0.2) is 38.9 Å². The summed E-state index contributed by atoms with van der Waals surface area (Å²) in [6.07, 6.45) is 2.90. The van der Waals surface area contributed by atoms with Gasteiger partial charge in [-0.05, 0) is 49.4 Å². The van der Waals surface area contributed by atoms with E-state index in [0.29, 0.717) is 48.4 Å². The Morgan fingerprint density at radius 3 is 2.30 bits per heavy atom. The van der Waals surface area contributed by atoms with Crippen molar-refractivity contribution in [1.82, 2.24) is 19.4 Å². The van der Waals surface area contributed by atoms with Crippen LogP contribution >= 0.6 is 11.6 Å². The Kier molecular flexibility index (Phi) is 10.5. The lowest BCUT2D eigenvalue weighted by molar-refractivity contribution is -0.132. The molecule has 3 aromatic rings. The molecule has 1 N–H and O–H groups in total. The van der Waals surface area contributed by atoms with E-state index in [-0.39, 0.29) is 36.9 Å². The maximum Gasteiger partial charge on any atom is 0.331 e. The molecule has 0 bridgehead atoms. The number of hydrogen-bond acceptors (Lipinski definition) is 4. The number of fused-ring (bicyclic) bond motifs is 1. The van der Waals surface area contributed by atoms with E-state index in [2.05, 4.69) is 5.32 Å². The number of unbranched alkanes of at least 4 members (excludes halogenated alkanes) is 1. The zero-order valence-electron chi connectivity index (χ0n) is 21.5. The predicted octanol–water partition coefficient (Wildman–Crippen LogP) is 3.95. The van der Waals surface area contributed by atoms with Crippen LogP contribution in [0.1, 0.15) is 51.5 Å². The molecular formula is C28H35ClN4O4. The van der Waals surface area contributed by atoms with Crippen LogP contribution in [0.25, 0.3) is 10.9 Å². The molecule has 0 fully saturated rings. The van der Waals surface area contributed by atoms with Gasteiger partial charge in [-0.3, -0.25) is 23.5 Å². The van der Waals surface area contributed by atoms with Gasteiger partial charge in [0.15, 0.2) is 0 Å². The molecule has 2 aromatic carbocycles. The second-order valence-electron chi connectivity index (χ2n) is 9.05. The summed E-state index contributed by atoms with van der Waals surface area (Å²) in [7, 11) is 0. The van der Waals surface area contributed by atoms with Gasteiger partial charge in [-0.1, -0.05) is 55.8 Å².